The fourth-order valence-electron chi connectivity index (χ4n) is 2.70. The van der Waals surface area contributed by atoms with Gasteiger partial charge in [-0.25, -0.2) is 0 Å². The predicted octanol–water partition coefficient (Wildman–Crippen LogP) is 3.59. The lowest BCUT2D eigenvalue weighted by Gasteiger charge is -2.32. The zero-order valence-electron chi connectivity index (χ0n) is 10.3. The maximum atomic E-state index is 3.80. The van der Waals surface area contributed by atoms with Crippen molar-refractivity contribution in [2.45, 2.75) is 71.9 Å². The molecule has 1 N–H and O–H groups in total. The number of rotatable bonds is 4. The summed E-state index contributed by atoms with van der Waals surface area (Å²) in [6.45, 7) is 9.35. The molecule has 0 spiro atoms. The van der Waals surface area contributed by atoms with Crippen LogP contribution in [-0.2, 0) is 0 Å². The first-order chi connectivity index (χ1) is 6.59. The van der Waals surface area contributed by atoms with Gasteiger partial charge < -0.3 is 5.32 Å². The molecule has 0 unspecified atom stereocenters. The number of hydrogen-bond donors (Lipinski definition) is 1. The lowest BCUT2D eigenvalue weighted by Crippen LogP contribution is -2.42. The highest BCUT2D eigenvalue weighted by atomic mass is 14.9. The second-order valence-corrected chi connectivity index (χ2v) is 5.57. The van der Waals surface area contributed by atoms with Gasteiger partial charge in [0.2, 0.25) is 0 Å². The van der Waals surface area contributed by atoms with Crippen LogP contribution in [0.5, 0.6) is 0 Å². The van der Waals surface area contributed by atoms with Crippen molar-refractivity contribution in [3.05, 3.63) is 0 Å². The second kappa shape index (κ2) is 5.75. The fraction of sp³-hybridized carbons (Fsp3) is 1.00. The first-order valence-corrected chi connectivity index (χ1v) is 6.35. The Labute approximate surface area is 89.7 Å². The summed E-state index contributed by atoms with van der Waals surface area (Å²) in [6, 6.07) is 1.48. The molecule has 3 atom stereocenters. The molecule has 0 aromatic heterocycles. The zero-order valence-corrected chi connectivity index (χ0v) is 10.3. The Morgan fingerprint density at radius 1 is 1.14 bits per heavy atom. The summed E-state index contributed by atoms with van der Waals surface area (Å²) >= 11 is 0. The van der Waals surface area contributed by atoms with E-state index < -0.39 is 0 Å². The van der Waals surface area contributed by atoms with Gasteiger partial charge in [0.1, 0.15) is 0 Å². The maximum Gasteiger partial charge on any atom is 0.00951 e. The van der Waals surface area contributed by atoms with Crippen molar-refractivity contribution in [2.24, 2.45) is 11.8 Å². The van der Waals surface area contributed by atoms with Crippen LogP contribution in [0.4, 0.5) is 0 Å². The predicted molar refractivity (Wildman–Crippen MR) is 63.5 cm³/mol. The van der Waals surface area contributed by atoms with Gasteiger partial charge in [0, 0.05) is 12.1 Å². The number of hydrogen-bond acceptors (Lipinski definition) is 1. The molecule has 14 heavy (non-hydrogen) atoms. The maximum absolute atomic E-state index is 3.80. The fourth-order valence-corrected chi connectivity index (χ4v) is 2.70. The van der Waals surface area contributed by atoms with Crippen molar-refractivity contribution >= 4 is 0 Å². The molecule has 0 heterocycles. The summed E-state index contributed by atoms with van der Waals surface area (Å²) in [5.41, 5.74) is 0. The van der Waals surface area contributed by atoms with E-state index in [0.29, 0.717) is 6.04 Å². The summed E-state index contributed by atoms with van der Waals surface area (Å²) in [4.78, 5) is 0. The van der Waals surface area contributed by atoms with E-state index in [9.17, 15) is 0 Å². The topological polar surface area (TPSA) is 12.0 Å². The van der Waals surface area contributed by atoms with E-state index in [-0.39, 0.29) is 0 Å². The second-order valence-electron chi connectivity index (χ2n) is 5.57. The van der Waals surface area contributed by atoms with Gasteiger partial charge in [-0.2, -0.15) is 0 Å². The molecular formula is C13H27N. The van der Waals surface area contributed by atoms with Crippen molar-refractivity contribution in [3.8, 4) is 0 Å². The first-order valence-electron chi connectivity index (χ1n) is 6.35. The van der Waals surface area contributed by atoms with Gasteiger partial charge in [-0.3, -0.25) is 0 Å². The summed E-state index contributed by atoms with van der Waals surface area (Å²) in [5.74, 6) is 1.70. The van der Waals surface area contributed by atoms with Gasteiger partial charge in [0.25, 0.3) is 0 Å². The molecule has 0 radical (unpaired) electrons. The lowest BCUT2D eigenvalue weighted by atomic mass is 9.85. The third-order valence-electron chi connectivity index (χ3n) is 3.44. The van der Waals surface area contributed by atoms with Crippen LogP contribution in [-0.4, -0.2) is 12.1 Å². The Bertz CT molecular complexity index is 153. The van der Waals surface area contributed by atoms with Crippen LogP contribution in [0, 0.1) is 11.8 Å². The molecule has 0 bridgehead atoms. The molecule has 0 aromatic carbocycles. The molecule has 0 aromatic rings. The van der Waals surface area contributed by atoms with Crippen LogP contribution in [0.15, 0.2) is 0 Å². The highest BCUT2D eigenvalue weighted by molar-refractivity contribution is 4.80. The Kier molecular flexibility index (Phi) is 4.94. The average molecular weight is 197 g/mol. The monoisotopic (exact) mass is 197 g/mol. The van der Waals surface area contributed by atoms with Gasteiger partial charge >= 0.3 is 0 Å². The van der Waals surface area contributed by atoms with Crippen LogP contribution < -0.4 is 5.32 Å². The SMILES string of the molecule is CC(C)C[C@H](C)N[C@H]1CCCC[C@H]1C. The smallest absolute Gasteiger partial charge is 0.00951 e. The van der Waals surface area contributed by atoms with E-state index in [2.05, 4.69) is 33.0 Å². The molecule has 1 heteroatoms. The van der Waals surface area contributed by atoms with Crippen LogP contribution in [0.1, 0.15) is 59.8 Å². The summed E-state index contributed by atoms with van der Waals surface area (Å²) in [5, 5.41) is 3.80. The van der Waals surface area contributed by atoms with Crippen LogP contribution in [0.25, 0.3) is 0 Å². The third-order valence-corrected chi connectivity index (χ3v) is 3.44. The minimum Gasteiger partial charge on any atom is -0.311 e. The molecule has 84 valence electrons. The Morgan fingerprint density at radius 3 is 2.36 bits per heavy atom. The largest absolute Gasteiger partial charge is 0.311 e. The molecule has 1 nitrogen and oxygen atoms in total. The van der Waals surface area contributed by atoms with E-state index in [1.165, 1.54) is 32.1 Å². The third kappa shape index (κ3) is 4.00. The molecule has 1 rings (SSSR count). The highest BCUT2D eigenvalue weighted by Crippen LogP contribution is 2.24. The molecule has 1 saturated carbocycles. The molecule has 1 aliphatic rings. The van der Waals surface area contributed by atoms with Crippen molar-refractivity contribution in [1.29, 1.82) is 0 Å². The average Bonchev–Trinajstić information content (AvgIpc) is 2.07. The van der Waals surface area contributed by atoms with Crippen molar-refractivity contribution in [1.82, 2.24) is 5.32 Å². The van der Waals surface area contributed by atoms with Crippen LogP contribution >= 0.6 is 0 Å². The lowest BCUT2D eigenvalue weighted by molar-refractivity contribution is 0.252. The van der Waals surface area contributed by atoms with Gasteiger partial charge in [-0.05, 0) is 38.0 Å². The van der Waals surface area contributed by atoms with Gasteiger partial charge in [0.05, 0.1) is 0 Å². The normalized spacial score (nSPS) is 30.6. The Morgan fingerprint density at radius 2 is 1.79 bits per heavy atom. The van der Waals surface area contributed by atoms with E-state index in [0.717, 1.165) is 17.9 Å². The van der Waals surface area contributed by atoms with Crippen LogP contribution in [0.3, 0.4) is 0 Å². The van der Waals surface area contributed by atoms with E-state index >= 15 is 0 Å². The standard InChI is InChI=1S/C13H27N/c1-10(2)9-12(4)14-13-8-6-5-7-11(13)3/h10-14H,5-9H2,1-4H3/t11-,12+,13+/m1/s1. The van der Waals surface area contributed by atoms with E-state index in [4.69, 9.17) is 0 Å². The molecule has 0 amide bonds. The van der Waals surface area contributed by atoms with Crippen LogP contribution in [0.2, 0.25) is 0 Å². The Balaban J connectivity index is 2.27. The molecule has 1 fully saturated rings. The van der Waals surface area contributed by atoms with E-state index in [1.54, 1.807) is 0 Å². The summed E-state index contributed by atoms with van der Waals surface area (Å²) in [7, 11) is 0. The Hall–Kier alpha value is -0.0400. The number of nitrogens with one attached hydrogen (secondary N) is 1. The molecule has 1 aliphatic carbocycles. The molecule has 0 saturated heterocycles. The summed E-state index contributed by atoms with van der Waals surface area (Å²) < 4.78 is 0. The highest BCUT2D eigenvalue weighted by Gasteiger charge is 2.22. The quantitative estimate of drug-likeness (QED) is 0.726. The van der Waals surface area contributed by atoms with Gasteiger partial charge in [0.15, 0.2) is 0 Å². The first kappa shape index (κ1) is 12.0. The minimum atomic E-state index is 0.695. The van der Waals surface area contributed by atoms with Crippen molar-refractivity contribution in [3.63, 3.8) is 0 Å². The molecule has 0 aliphatic heterocycles. The minimum absolute atomic E-state index is 0.695. The molecular weight excluding hydrogens is 170 g/mol. The zero-order chi connectivity index (χ0) is 10.6. The van der Waals surface area contributed by atoms with Gasteiger partial charge in [-0.15, -0.1) is 0 Å². The summed E-state index contributed by atoms with van der Waals surface area (Å²) in [6.07, 6.45) is 6.99. The van der Waals surface area contributed by atoms with Crippen molar-refractivity contribution < 1.29 is 0 Å². The van der Waals surface area contributed by atoms with Crippen molar-refractivity contribution in [2.75, 3.05) is 0 Å². The van der Waals surface area contributed by atoms with Gasteiger partial charge in [-0.1, -0.05) is 33.6 Å². The van der Waals surface area contributed by atoms with E-state index in [1.807, 2.05) is 0 Å².